The molecule has 0 aliphatic carbocycles. The predicted octanol–water partition coefficient (Wildman–Crippen LogP) is 2.94. The van der Waals surface area contributed by atoms with Gasteiger partial charge in [0.25, 0.3) is 0 Å². The monoisotopic (exact) mass is 229 g/mol. The molecule has 0 saturated heterocycles. The van der Waals surface area contributed by atoms with Crippen molar-refractivity contribution in [2.24, 2.45) is 0 Å². The summed E-state index contributed by atoms with van der Waals surface area (Å²) in [6, 6.07) is 5.99. The lowest BCUT2D eigenvalue weighted by Crippen LogP contribution is -2.29. The van der Waals surface area contributed by atoms with Gasteiger partial charge in [-0.25, -0.2) is 0 Å². The van der Waals surface area contributed by atoms with Crippen molar-refractivity contribution in [2.75, 3.05) is 13.1 Å². The van der Waals surface area contributed by atoms with Crippen molar-refractivity contribution < 1.29 is 0 Å². The highest BCUT2D eigenvalue weighted by molar-refractivity contribution is 6.31. The van der Waals surface area contributed by atoms with Crippen LogP contribution in [-0.4, -0.2) is 13.1 Å². The smallest absolute Gasteiger partial charge is 0.0794 e. The molecule has 1 heterocycles. The van der Waals surface area contributed by atoms with E-state index in [1.54, 1.807) is 0 Å². The zero-order valence-corrected chi connectivity index (χ0v) is 9.62. The number of halogens is 2. The molecule has 1 aromatic carbocycles. The van der Waals surface area contributed by atoms with Gasteiger partial charge in [-0.05, 0) is 43.1 Å². The van der Waals surface area contributed by atoms with Crippen LogP contribution in [0.2, 0.25) is 5.02 Å². The molecule has 76 valence electrons. The Morgan fingerprint density at radius 1 is 1.43 bits per heavy atom. The second-order valence-corrected chi connectivity index (χ2v) is 5.20. The summed E-state index contributed by atoms with van der Waals surface area (Å²) in [5.74, 6) is 0. The molecule has 14 heavy (non-hydrogen) atoms. The summed E-state index contributed by atoms with van der Waals surface area (Å²) in [6.45, 7) is 3.81. The van der Waals surface area contributed by atoms with E-state index in [4.69, 9.17) is 23.2 Å². The third-order valence-corrected chi connectivity index (χ3v) is 3.23. The molecule has 1 aliphatic heterocycles. The number of fused-ring (bicyclic) bond motifs is 1. The summed E-state index contributed by atoms with van der Waals surface area (Å²) < 4.78 is 0. The lowest BCUT2D eigenvalue weighted by atomic mass is 9.95. The molecule has 0 amide bonds. The minimum Gasteiger partial charge on any atom is -0.314 e. The molecule has 2 rings (SSSR count). The van der Waals surface area contributed by atoms with Gasteiger partial charge in [-0.2, -0.15) is 0 Å². The van der Waals surface area contributed by atoms with Gasteiger partial charge in [0.2, 0.25) is 0 Å². The van der Waals surface area contributed by atoms with Crippen LogP contribution in [-0.2, 0) is 11.3 Å². The first-order chi connectivity index (χ1) is 6.59. The molecule has 0 saturated carbocycles. The summed E-state index contributed by atoms with van der Waals surface area (Å²) >= 11 is 12.4. The van der Waals surface area contributed by atoms with Crippen molar-refractivity contribution in [3.05, 3.63) is 34.3 Å². The molecule has 0 spiro atoms. The van der Waals surface area contributed by atoms with Crippen LogP contribution >= 0.6 is 23.2 Å². The molecule has 1 aliphatic rings. The van der Waals surface area contributed by atoms with Gasteiger partial charge in [0.05, 0.1) is 4.87 Å². The zero-order chi connectivity index (χ0) is 10.2. The molecule has 3 heteroatoms. The average molecular weight is 230 g/mol. The molecule has 0 aromatic heterocycles. The number of rotatable bonds is 0. The van der Waals surface area contributed by atoms with Crippen LogP contribution in [0.5, 0.6) is 0 Å². The van der Waals surface area contributed by atoms with E-state index in [0.29, 0.717) is 0 Å². The quantitative estimate of drug-likeness (QED) is 0.675. The number of nitrogens with one attached hydrogen (secondary N) is 1. The Balaban J connectivity index is 2.52. The molecule has 0 radical (unpaired) electrons. The molecule has 1 N–H and O–H groups in total. The highest BCUT2D eigenvalue weighted by atomic mass is 35.5. The fraction of sp³-hybridized carbons (Fsp3) is 0.455. The maximum atomic E-state index is 6.46. The van der Waals surface area contributed by atoms with Gasteiger partial charge in [0.1, 0.15) is 0 Å². The van der Waals surface area contributed by atoms with Crippen molar-refractivity contribution in [1.29, 1.82) is 0 Å². The maximum absolute atomic E-state index is 6.46. The van der Waals surface area contributed by atoms with Gasteiger partial charge in [-0.1, -0.05) is 17.7 Å². The third kappa shape index (κ3) is 1.90. The van der Waals surface area contributed by atoms with E-state index in [0.717, 1.165) is 30.1 Å². The lowest BCUT2D eigenvalue weighted by molar-refractivity contribution is 0.595. The van der Waals surface area contributed by atoms with E-state index >= 15 is 0 Å². The average Bonchev–Trinajstić information content (AvgIpc) is 2.26. The fourth-order valence-electron chi connectivity index (χ4n) is 1.89. The first-order valence-corrected chi connectivity index (χ1v) is 5.54. The van der Waals surface area contributed by atoms with Crippen LogP contribution in [0, 0.1) is 0 Å². The molecular formula is C11H13Cl2N. The van der Waals surface area contributed by atoms with E-state index in [-0.39, 0.29) is 4.87 Å². The van der Waals surface area contributed by atoms with Crippen molar-refractivity contribution in [3.8, 4) is 0 Å². The zero-order valence-electron chi connectivity index (χ0n) is 8.11. The minimum atomic E-state index is -0.337. The van der Waals surface area contributed by atoms with Crippen LogP contribution in [0.15, 0.2) is 18.2 Å². The molecule has 0 unspecified atom stereocenters. The summed E-state index contributed by atoms with van der Waals surface area (Å²) in [5.41, 5.74) is 2.47. The number of hydrogen-bond acceptors (Lipinski definition) is 1. The van der Waals surface area contributed by atoms with Gasteiger partial charge >= 0.3 is 0 Å². The second-order valence-electron chi connectivity index (χ2n) is 3.93. The first kappa shape index (κ1) is 10.3. The molecular weight excluding hydrogens is 217 g/mol. The molecule has 1 nitrogen and oxygen atoms in total. The first-order valence-electron chi connectivity index (χ1n) is 4.78. The Morgan fingerprint density at radius 2 is 2.21 bits per heavy atom. The van der Waals surface area contributed by atoms with Gasteiger partial charge in [0.15, 0.2) is 0 Å². The van der Waals surface area contributed by atoms with Gasteiger partial charge in [0, 0.05) is 11.6 Å². The van der Waals surface area contributed by atoms with E-state index in [1.165, 1.54) is 5.56 Å². The maximum Gasteiger partial charge on any atom is 0.0794 e. The summed E-state index contributed by atoms with van der Waals surface area (Å²) in [7, 11) is 0. The third-order valence-electron chi connectivity index (χ3n) is 2.66. The standard InChI is InChI=1S/C11H13Cl2N/c1-11(13)7-14-5-4-8-2-3-9(12)6-10(8)11/h2-3,6,14H,4-5,7H2,1H3/t11-/m0/s1. The van der Waals surface area contributed by atoms with Crippen LogP contribution in [0.4, 0.5) is 0 Å². The lowest BCUT2D eigenvalue weighted by Gasteiger charge is -2.22. The van der Waals surface area contributed by atoms with Crippen LogP contribution in [0.25, 0.3) is 0 Å². The van der Waals surface area contributed by atoms with Gasteiger partial charge in [-0.15, -0.1) is 11.6 Å². The van der Waals surface area contributed by atoms with E-state index in [9.17, 15) is 0 Å². The molecule has 1 aromatic rings. The number of hydrogen-bond donors (Lipinski definition) is 1. The van der Waals surface area contributed by atoms with E-state index in [1.807, 2.05) is 19.1 Å². The highest BCUT2D eigenvalue weighted by Gasteiger charge is 2.28. The highest BCUT2D eigenvalue weighted by Crippen LogP contribution is 2.34. The Labute approximate surface area is 94.4 Å². The largest absolute Gasteiger partial charge is 0.314 e. The van der Waals surface area contributed by atoms with Crippen molar-refractivity contribution in [2.45, 2.75) is 18.2 Å². The Morgan fingerprint density at radius 3 is 3.00 bits per heavy atom. The minimum absolute atomic E-state index is 0.337. The SMILES string of the molecule is C[C@]1(Cl)CNCCc2ccc(Cl)cc21. The topological polar surface area (TPSA) is 12.0 Å². The predicted molar refractivity (Wildman–Crippen MR) is 61.2 cm³/mol. The Kier molecular flexibility index (Phi) is 2.74. The van der Waals surface area contributed by atoms with Crippen LogP contribution in [0.3, 0.4) is 0 Å². The summed E-state index contributed by atoms with van der Waals surface area (Å²) in [4.78, 5) is -0.337. The van der Waals surface area contributed by atoms with E-state index in [2.05, 4.69) is 11.4 Å². The van der Waals surface area contributed by atoms with Crippen molar-refractivity contribution in [3.63, 3.8) is 0 Å². The number of benzene rings is 1. The second kappa shape index (κ2) is 3.73. The van der Waals surface area contributed by atoms with E-state index < -0.39 is 0 Å². The normalized spacial score (nSPS) is 26.8. The fourth-order valence-corrected chi connectivity index (χ4v) is 2.34. The summed E-state index contributed by atoms with van der Waals surface area (Å²) in [5, 5.41) is 4.09. The van der Waals surface area contributed by atoms with Crippen molar-refractivity contribution in [1.82, 2.24) is 5.32 Å². The van der Waals surface area contributed by atoms with Crippen LogP contribution in [0.1, 0.15) is 18.1 Å². The van der Waals surface area contributed by atoms with Gasteiger partial charge < -0.3 is 5.32 Å². The molecule has 0 bridgehead atoms. The molecule has 1 atom stereocenters. The van der Waals surface area contributed by atoms with Crippen LogP contribution < -0.4 is 5.32 Å². The number of alkyl halides is 1. The Bertz CT molecular complexity index is 347. The van der Waals surface area contributed by atoms with Gasteiger partial charge in [-0.3, -0.25) is 0 Å². The van der Waals surface area contributed by atoms with Crippen molar-refractivity contribution >= 4 is 23.2 Å². The Hall–Kier alpha value is -0.240. The molecule has 0 fully saturated rings. The summed E-state index contributed by atoms with van der Waals surface area (Å²) in [6.07, 6.45) is 1.02.